The van der Waals surface area contributed by atoms with Crippen molar-refractivity contribution in [1.29, 1.82) is 0 Å². The highest BCUT2D eigenvalue weighted by Gasteiger charge is 2.27. The molecule has 0 fully saturated rings. The lowest BCUT2D eigenvalue weighted by Crippen LogP contribution is -2.39. The van der Waals surface area contributed by atoms with Crippen molar-refractivity contribution < 1.29 is 8.42 Å². The zero-order valence-corrected chi connectivity index (χ0v) is 12.8. The largest absolute Gasteiger partial charge is 0.240 e. The number of hydrogen-bond donors (Lipinski definition) is 1. The molecule has 0 aliphatic carbocycles. The van der Waals surface area contributed by atoms with E-state index in [1.165, 1.54) is 0 Å². The molecule has 0 bridgehead atoms. The van der Waals surface area contributed by atoms with Crippen LogP contribution in [0.3, 0.4) is 0 Å². The van der Waals surface area contributed by atoms with Gasteiger partial charge in [0.05, 0.1) is 4.90 Å². The number of thioether (sulfide) groups is 1. The van der Waals surface area contributed by atoms with Crippen LogP contribution in [0.25, 0.3) is 0 Å². The predicted octanol–water partition coefficient (Wildman–Crippen LogP) is 2.89. The van der Waals surface area contributed by atoms with Crippen LogP contribution in [0.4, 0.5) is 0 Å². The fourth-order valence-corrected chi connectivity index (χ4v) is 3.80. The van der Waals surface area contributed by atoms with Gasteiger partial charge in [-0.3, -0.25) is 0 Å². The molecule has 0 atom stereocenters. The normalized spacial score (nSPS) is 12.6. The van der Waals surface area contributed by atoms with Crippen LogP contribution >= 0.6 is 11.8 Å². The van der Waals surface area contributed by atoms with Crippen molar-refractivity contribution in [2.45, 2.75) is 36.3 Å². The van der Waals surface area contributed by atoms with Gasteiger partial charge in [-0.15, -0.1) is 0 Å². The Hall–Kier alpha value is -0.520. The van der Waals surface area contributed by atoms with Gasteiger partial charge in [-0.25, -0.2) is 13.1 Å². The lowest BCUT2D eigenvalue weighted by molar-refractivity contribution is 0.522. The molecular formula is C13H21NO2S2. The Morgan fingerprint density at radius 1 is 1.17 bits per heavy atom. The minimum Gasteiger partial charge on any atom is -0.210 e. The zero-order valence-electron chi connectivity index (χ0n) is 11.1. The van der Waals surface area contributed by atoms with Crippen molar-refractivity contribution in [3.05, 3.63) is 30.3 Å². The van der Waals surface area contributed by atoms with Crippen molar-refractivity contribution >= 4 is 21.8 Å². The summed E-state index contributed by atoms with van der Waals surface area (Å²) in [6.07, 6.45) is 3.92. The summed E-state index contributed by atoms with van der Waals surface area (Å²) in [7, 11) is -3.39. The summed E-state index contributed by atoms with van der Waals surface area (Å²) in [6, 6.07) is 8.50. The lowest BCUT2D eigenvalue weighted by Gasteiger charge is -2.29. The van der Waals surface area contributed by atoms with Crippen LogP contribution in [0.5, 0.6) is 0 Å². The number of nitrogens with one attached hydrogen (secondary N) is 1. The average Bonchev–Trinajstić information content (AvgIpc) is 2.42. The molecular weight excluding hydrogens is 266 g/mol. The lowest BCUT2D eigenvalue weighted by atomic mass is 10.0. The summed E-state index contributed by atoms with van der Waals surface area (Å²) in [6.45, 7) is 4.66. The number of benzene rings is 1. The van der Waals surface area contributed by atoms with Crippen LogP contribution in [0.1, 0.15) is 26.7 Å². The fourth-order valence-electron chi connectivity index (χ4n) is 1.77. The second-order valence-corrected chi connectivity index (χ2v) is 7.27. The van der Waals surface area contributed by atoms with E-state index in [0.29, 0.717) is 11.4 Å². The molecule has 1 aromatic carbocycles. The van der Waals surface area contributed by atoms with Crippen molar-refractivity contribution in [2.75, 3.05) is 12.8 Å². The highest BCUT2D eigenvalue weighted by molar-refractivity contribution is 8.00. The smallest absolute Gasteiger partial charge is 0.210 e. The predicted molar refractivity (Wildman–Crippen MR) is 78.5 cm³/mol. The molecule has 0 aliphatic heterocycles. The maximum absolute atomic E-state index is 12.1. The SMILES string of the molecule is CCC(CC)(CNS(=O)(=O)c1ccccc1)SC. The summed E-state index contributed by atoms with van der Waals surface area (Å²) >= 11 is 1.73. The van der Waals surface area contributed by atoms with Crippen LogP contribution in [0, 0.1) is 0 Å². The summed E-state index contributed by atoms with van der Waals surface area (Å²) in [4.78, 5) is 0.326. The average molecular weight is 287 g/mol. The molecule has 0 amide bonds. The quantitative estimate of drug-likeness (QED) is 0.839. The molecule has 0 aliphatic rings. The topological polar surface area (TPSA) is 46.2 Å². The van der Waals surface area contributed by atoms with Crippen LogP contribution in [-0.4, -0.2) is 26.0 Å². The Labute approximate surface area is 114 Å². The molecule has 1 aromatic rings. The molecule has 0 spiro atoms. The molecule has 102 valence electrons. The molecule has 1 N–H and O–H groups in total. The molecule has 0 aromatic heterocycles. The van der Waals surface area contributed by atoms with Crippen LogP contribution in [-0.2, 0) is 10.0 Å². The summed E-state index contributed by atoms with van der Waals surface area (Å²) < 4.78 is 26.9. The number of sulfonamides is 1. The van der Waals surface area contributed by atoms with Gasteiger partial charge < -0.3 is 0 Å². The first-order valence-corrected chi connectivity index (χ1v) is 8.80. The van der Waals surface area contributed by atoms with E-state index in [0.717, 1.165) is 12.8 Å². The highest BCUT2D eigenvalue weighted by Crippen LogP contribution is 2.29. The van der Waals surface area contributed by atoms with Gasteiger partial charge in [-0.05, 0) is 31.2 Å². The maximum Gasteiger partial charge on any atom is 0.240 e. The van der Waals surface area contributed by atoms with E-state index in [1.807, 2.05) is 12.3 Å². The minimum atomic E-state index is -3.39. The van der Waals surface area contributed by atoms with E-state index in [2.05, 4.69) is 18.6 Å². The van der Waals surface area contributed by atoms with Gasteiger partial charge in [-0.2, -0.15) is 11.8 Å². The molecule has 1 rings (SSSR count). The summed E-state index contributed by atoms with van der Waals surface area (Å²) in [5.74, 6) is 0. The third-order valence-corrected chi connectivity index (χ3v) is 6.36. The number of hydrogen-bond acceptors (Lipinski definition) is 3. The van der Waals surface area contributed by atoms with E-state index in [-0.39, 0.29) is 4.75 Å². The Balaban J connectivity index is 2.79. The van der Waals surface area contributed by atoms with Crippen molar-refractivity contribution in [3.63, 3.8) is 0 Å². The fraction of sp³-hybridized carbons (Fsp3) is 0.538. The molecule has 0 saturated heterocycles. The van der Waals surface area contributed by atoms with Gasteiger partial charge in [0, 0.05) is 11.3 Å². The number of rotatable bonds is 7. The Kier molecular flexibility index (Phi) is 5.69. The van der Waals surface area contributed by atoms with E-state index < -0.39 is 10.0 Å². The first kappa shape index (κ1) is 15.5. The van der Waals surface area contributed by atoms with Gasteiger partial charge in [0.2, 0.25) is 10.0 Å². The van der Waals surface area contributed by atoms with Gasteiger partial charge in [-0.1, -0.05) is 32.0 Å². The van der Waals surface area contributed by atoms with Crippen molar-refractivity contribution in [1.82, 2.24) is 4.72 Å². The molecule has 3 nitrogen and oxygen atoms in total. The van der Waals surface area contributed by atoms with Gasteiger partial charge in [0.25, 0.3) is 0 Å². The van der Waals surface area contributed by atoms with Crippen LogP contribution < -0.4 is 4.72 Å². The third-order valence-electron chi connectivity index (χ3n) is 3.36. The third kappa shape index (κ3) is 3.73. The molecule has 0 saturated carbocycles. The second-order valence-electron chi connectivity index (χ2n) is 4.23. The Morgan fingerprint density at radius 3 is 2.17 bits per heavy atom. The van der Waals surface area contributed by atoms with Crippen molar-refractivity contribution in [3.8, 4) is 0 Å². The van der Waals surface area contributed by atoms with Gasteiger partial charge >= 0.3 is 0 Å². The second kappa shape index (κ2) is 6.59. The Morgan fingerprint density at radius 2 is 1.72 bits per heavy atom. The summed E-state index contributed by atoms with van der Waals surface area (Å²) in [5, 5.41) is 0. The van der Waals surface area contributed by atoms with Crippen LogP contribution in [0.2, 0.25) is 0 Å². The molecule has 0 unspecified atom stereocenters. The molecule has 0 radical (unpaired) electrons. The summed E-state index contributed by atoms with van der Waals surface area (Å²) in [5.41, 5.74) is 0. The van der Waals surface area contributed by atoms with E-state index >= 15 is 0 Å². The van der Waals surface area contributed by atoms with Gasteiger partial charge in [0.15, 0.2) is 0 Å². The zero-order chi connectivity index (χ0) is 13.6. The maximum atomic E-state index is 12.1. The minimum absolute atomic E-state index is 0.0121. The van der Waals surface area contributed by atoms with E-state index in [9.17, 15) is 8.42 Å². The molecule has 0 heterocycles. The van der Waals surface area contributed by atoms with Crippen molar-refractivity contribution in [2.24, 2.45) is 0 Å². The first-order chi connectivity index (χ1) is 8.49. The van der Waals surface area contributed by atoms with Crippen LogP contribution in [0.15, 0.2) is 35.2 Å². The van der Waals surface area contributed by atoms with E-state index in [4.69, 9.17) is 0 Å². The monoisotopic (exact) mass is 287 g/mol. The highest BCUT2D eigenvalue weighted by atomic mass is 32.2. The van der Waals surface area contributed by atoms with Gasteiger partial charge in [0.1, 0.15) is 0 Å². The molecule has 18 heavy (non-hydrogen) atoms. The first-order valence-electron chi connectivity index (χ1n) is 6.09. The van der Waals surface area contributed by atoms with E-state index in [1.54, 1.807) is 36.0 Å². The molecule has 5 heteroatoms. The Bertz CT molecular complexity index is 445. The standard InChI is InChI=1S/C13H21NO2S2/c1-4-13(5-2,17-3)11-14-18(15,16)12-9-7-6-8-10-12/h6-10,14H,4-5,11H2,1-3H3.